The van der Waals surface area contributed by atoms with Crippen molar-refractivity contribution in [2.45, 2.75) is 52.0 Å². The van der Waals surface area contributed by atoms with Crippen LogP contribution < -0.4 is 10.2 Å². The van der Waals surface area contributed by atoms with Crippen molar-refractivity contribution in [3.63, 3.8) is 0 Å². The Morgan fingerprint density at radius 3 is 2.71 bits per heavy atom. The van der Waals surface area contributed by atoms with Gasteiger partial charge < -0.3 is 19.7 Å². The molecular formula is C23H36N8. The number of aryl methyl sites for hydroxylation is 1. The molecule has 0 spiro atoms. The molecule has 0 atom stereocenters. The Balaban J connectivity index is 1.36. The van der Waals surface area contributed by atoms with Crippen LogP contribution >= 0.6 is 0 Å². The van der Waals surface area contributed by atoms with Crippen molar-refractivity contribution in [1.82, 2.24) is 30.0 Å². The highest BCUT2D eigenvalue weighted by Crippen LogP contribution is 2.23. The minimum absolute atomic E-state index is 0.741. The van der Waals surface area contributed by atoms with E-state index in [0.717, 1.165) is 75.8 Å². The number of pyridine rings is 1. The predicted molar refractivity (Wildman–Crippen MR) is 124 cm³/mol. The van der Waals surface area contributed by atoms with Crippen LogP contribution in [-0.2, 0) is 13.0 Å². The average molecular weight is 425 g/mol. The van der Waals surface area contributed by atoms with Gasteiger partial charge in [0.25, 0.3) is 0 Å². The fraction of sp³-hybridized carbons (Fsp3) is 0.652. The first kappa shape index (κ1) is 21.6. The van der Waals surface area contributed by atoms with E-state index in [1.54, 1.807) is 0 Å². The minimum atomic E-state index is 0.741. The monoisotopic (exact) mass is 424 g/mol. The van der Waals surface area contributed by atoms with E-state index in [-0.39, 0.29) is 0 Å². The summed E-state index contributed by atoms with van der Waals surface area (Å²) in [5, 5.41) is 11.9. The van der Waals surface area contributed by atoms with E-state index in [0.29, 0.717) is 0 Å². The van der Waals surface area contributed by atoms with Gasteiger partial charge in [-0.3, -0.25) is 4.99 Å². The van der Waals surface area contributed by atoms with E-state index in [9.17, 15) is 0 Å². The molecule has 3 heterocycles. The molecule has 31 heavy (non-hydrogen) atoms. The molecule has 0 aromatic carbocycles. The highest BCUT2D eigenvalue weighted by atomic mass is 15.4. The third-order valence-corrected chi connectivity index (χ3v) is 6.42. The number of rotatable bonds is 7. The van der Waals surface area contributed by atoms with Crippen LogP contribution in [-0.4, -0.2) is 69.9 Å². The van der Waals surface area contributed by atoms with Crippen LogP contribution in [0, 0.1) is 5.92 Å². The smallest absolute Gasteiger partial charge is 0.194 e. The SMILES string of the molecule is CCc1nncn1CCNC(=NCC1CCCCC1)N1CCN(c2ccccn2)CC1. The first-order valence-electron chi connectivity index (χ1n) is 11.9. The summed E-state index contributed by atoms with van der Waals surface area (Å²) in [5.74, 6) is 3.89. The Hall–Kier alpha value is -2.64. The van der Waals surface area contributed by atoms with Crippen molar-refractivity contribution in [3.05, 3.63) is 36.5 Å². The second-order valence-electron chi connectivity index (χ2n) is 8.55. The third-order valence-electron chi connectivity index (χ3n) is 6.42. The summed E-state index contributed by atoms with van der Waals surface area (Å²) in [7, 11) is 0. The van der Waals surface area contributed by atoms with Gasteiger partial charge in [0.2, 0.25) is 0 Å². The summed E-state index contributed by atoms with van der Waals surface area (Å²) < 4.78 is 2.13. The van der Waals surface area contributed by atoms with E-state index in [4.69, 9.17) is 4.99 Å². The molecule has 1 N–H and O–H groups in total. The summed E-state index contributed by atoms with van der Waals surface area (Å²) in [5.41, 5.74) is 0. The van der Waals surface area contributed by atoms with E-state index in [1.165, 1.54) is 32.1 Å². The molecule has 1 saturated carbocycles. The number of anilines is 1. The van der Waals surface area contributed by atoms with Crippen molar-refractivity contribution < 1.29 is 0 Å². The van der Waals surface area contributed by atoms with Gasteiger partial charge in [-0.1, -0.05) is 32.3 Å². The number of hydrogen-bond acceptors (Lipinski definition) is 5. The molecule has 0 radical (unpaired) electrons. The molecule has 2 aliphatic rings. The number of hydrogen-bond donors (Lipinski definition) is 1. The van der Waals surface area contributed by atoms with Gasteiger partial charge in [-0.2, -0.15) is 0 Å². The lowest BCUT2D eigenvalue weighted by Crippen LogP contribution is -2.53. The van der Waals surface area contributed by atoms with Gasteiger partial charge in [-0.05, 0) is 30.9 Å². The fourth-order valence-corrected chi connectivity index (χ4v) is 4.57. The summed E-state index contributed by atoms with van der Waals surface area (Å²) in [6.45, 7) is 8.59. The van der Waals surface area contributed by atoms with Crippen LogP contribution in [0.3, 0.4) is 0 Å². The van der Waals surface area contributed by atoms with Gasteiger partial charge >= 0.3 is 0 Å². The molecule has 2 aromatic rings. The zero-order valence-electron chi connectivity index (χ0n) is 18.8. The van der Waals surface area contributed by atoms with E-state index < -0.39 is 0 Å². The van der Waals surface area contributed by atoms with Crippen LogP contribution in [0.15, 0.2) is 35.7 Å². The summed E-state index contributed by atoms with van der Waals surface area (Å²) in [4.78, 5) is 14.4. The van der Waals surface area contributed by atoms with Crippen molar-refractivity contribution in [2.24, 2.45) is 10.9 Å². The molecule has 0 amide bonds. The molecule has 8 heteroatoms. The molecule has 4 rings (SSSR count). The minimum Gasteiger partial charge on any atom is -0.354 e. The first-order chi connectivity index (χ1) is 15.3. The number of nitrogens with one attached hydrogen (secondary N) is 1. The number of aliphatic imine (C=N–C) groups is 1. The van der Waals surface area contributed by atoms with Crippen LogP contribution in [0.4, 0.5) is 5.82 Å². The van der Waals surface area contributed by atoms with Gasteiger partial charge in [0.05, 0.1) is 0 Å². The van der Waals surface area contributed by atoms with Crippen LogP contribution in [0.5, 0.6) is 0 Å². The van der Waals surface area contributed by atoms with Crippen LogP contribution in [0.1, 0.15) is 44.9 Å². The normalized spacial score (nSPS) is 18.4. The summed E-state index contributed by atoms with van der Waals surface area (Å²) in [6.07, 6.45) is 11.4. The Morgan fingerprint density at radius 1 is 1.13 bits per heavy atom. The number of nitrogens with zero attached hydrogens (tertiary/aromatic N) is 7. The van der Waals surface area contributed by atoms with Crippen molar-refractivity contribution >= 4 is 11.8 Å². The largest absolute Gasteiger partial charge is 0.354 e. The quantitative estimate of drug-likeness (QED) is 0.544. The van der Waals surface area contributed by atoms with E-state index >= 15 is 0 Å². The first-order valence-corrected chi connectivity index (χ1v) is 11.9. The van der Waals surface area contributed by atoms with E-state index in [2.05, 4.69) is 53.9 Å². The predicted octanol–water partition coefficient (Wildman–Crippen LogP) is 2.58. The summed E-state index contributed by atoms with van der Waals surface area (Å²) >= 11 is 0. The maximum Gasteiger partial charge on any atom is 0.194 e. The zero-order chi connectivity index (χ0) is 21.3. The number of piperazine rings is 1. The maximum absolute atomic E-state index is 5.09. The zero-order valence-corrected chi connectivity index (χ0v) is 18.8. The second-order valence-corrected chi connectivity index (χ2v) is 8.55. The molecular weight excluding hydrogens is 388 g/mol. The molecule has 0 unspecified atom stereocenters. The lowest BCUT2D eigenvalue weighted by molar-refractivity contribution is 0.351. The van der Waals surface area contributed by atoms with Gasteiger partial charge in [0.1, 0.15) is 18.0 Å². The van der Waals surface area contributed by atoms with E-state index in [1.807, 2.05) is 18.6 Å². The van der Waals surface area contributed by atoms with Crippen LogP contribution in [0.2, 0.25) is 0 Å². The molecule has 1 saturated heterocycles. The van der Waals surface area contributed by atoms with Gasteiger partial charge in [0, 0.05) is 58.4 Å². The van der Waals surface area contributed by atoms with Crippen molar-refractivity contribution in [2.75, 3.05) is 44.2 Å². The lowest BCUT2D eigenvalue weighted by Gasteiger charge is -2.37. The maximum atomic E-state index is 5.09. The Labute approximate surface area is 185 Å². The van der Waals surface area contributed by atoms with Crippen molar-refractivity contribution in [1.29, 1.82) is 0 Å². The molecule has 2 fully saturated rings. The highest BCUT2D eigenvalue weighted by Gasteiger charge is 2.21. The Kier molecular flexibility index (Phi) is 7.74. The Morgan fingerprint density at radius 2 is 1.97 bits per heavy atom. The molecule has 8 nitrogen and oxygen atoms in total. The topological polar surface area (TPSA) is 74.5 Å². The second kappa shape index (κ2) is 11.1. The third kappa shape index (κ3) is 5.95. The lowest BCUT2D eigenvalue weighted by atomic mass is 9.89. The molecule has 1 aliphatic heterocycles. The number of guanidine groups is 1. The van der Waals surface area contributed by atoms with Gasteiger partial charge in [-0.25, -0.2) is 4.98 Å². The fourth-order valence-electron chi connectivity index (χ4n) is 4.57. The van der Waals surface area contributed by atoms with Gasteiger partial charge in [-0.15, -0.1) is 10.2 Å². The average Bonchev–Trinajstić information content (AvgIpc) is 3.30. The highest BCUT2D eigenvalue weighted by molar-refractivity contribution is 5.80. The van der Waals surface area contributed by atoms with Crippen molar-refractivity contribution in [3.8, 4) is 0 Å². The molecule has 2 aromatic heterocycles. The van der Waals surface area contributed by atoms with Crippen LogP contribution in [0.25, 0.3) is 0 Å². The molecule has 1 aliphatic carbocycles. The molecule has 0 bridgehead atoms. The Bertz CT molecular complexity index is 804. The summed E-state index contributed by atoms with van der Waals surface area (Å²) in [6, 6.07) is 6.12. The van der Waals surface area contributed by atoms with Gasteiger partial charge in [0.15, 0.2) is 5.96 Å². The standard InChI is InChI=1S/C23H36N8/c1-2-21-28-27-19-31(21)13-12-25-23(26-18-20-8-4-3-5-9-20)30-16-14-29(15-17-30)22-10-6-7-11-24-22/h6-7,10-11,19-20H,2-5,8-9,12-18H2,1H3,(H,25,26). The number of aromatic nitrogens is 4. The molecule has 168 valence electrons.